The zero-order chi connectivity index (χ0) is 13.5. The monoisotopic (exact) mass is 281 g/mol. The second kappa shape index (κ2) is 4.93. The molecule has 104 valence electrons. The fourth-order valence-electron chi connectivity index (χ4n) is 2.66. The normalized spacial score (nSPS) is 21.2. The summed E-state index contributed by atoms with van der Waals surface area (Å²) in [5, 5.41) is 0.565. The molecule has 19 heavy (non-hydrogen) atoms. The van der Waals surface area contributed by atoms with Crippen LogP contribution in [0.3, 0.4) is 0 Å². The first-order chi connectivity index (χ1) is 9.08. The van der Waals surface area contributed by atoms with Crippen molar-refractivity contribution in [2.75, 3.05) is 38.7 Å². The van der Waals surface area contributed by atoms with Crippen LogP contribution in [0.25, 0.3) is 0 Å². The van der Waals surface area contributed by atoms with Crippen LogP contribution in [0.15, 0.2) is 12.1 Å². The molecule has 4 nitrogen and oxygen atoms in total. The van der Waals surface area contributed by atoms with Crippen molar-refractivity contribution < 1.29 is 4.74 Å². The summed E-state index contributed by atoms with van der Waals surface area (Å²) < 4.78 is 5.87. The van der Waals surface area contributed by atoms with Gasteiger partial charge in [-0.05, 0) is 39.1 Å². The molecule has 5 heteroatoms. The van der Waals surface area contributed by atoms with Crippen LogP contribution in [0.5, 0.6) is 0 Å². The Hall–Kier alpha value is -0.840. The number of ether oxygens (including phenoxy) is 1. The first kappa shape index (κ1) is 13.2. The molecule has 3 rings (SSSR count). The highest BCUT2D eigenvalue weighted by Crippen LogP contribution is 2.43. The summed E-state index contributed by atoms with van der Waals surface area (Å²) >= 11 is 6.03. The van der Waals surface area contributed by atoms with Gasteiger partial charge in [0, 0.05) is 19.6 Å². The molecule has 1 aliphatic heterocycles. The van der Waals surface area contributed by atoms with Crippen molar-refractivity contribution in [2.24, 2.45) is 0 Å². The molecule has 2 aliphatic rings. The molecule has 1 aromatic rings. The van der Waals surface area contributed by atoms with Gasteiger partial charge in [0.15, 0.2) is 0 Å². The predicted molar refractivity (Wildman–Crippen MR) is 76.8 cm³/mol. The number of anilines is 1. The third-order valence-corrected chi connectivity index (χ3v) is 3.99. The van der Waals surface area contributed by atoms with Crippen molar-refractivity contribution in [1.29, 1.82) is 0 Å². The lowest BCUT2D eigenvalue weighted by molar-refractivity contribution is 0.0205. The molecule has 0 amide bonds. The molecule has 1 aliphatic carbocycles. The zero-order valence-electron chi connectivity index (χ0n) is 11.5. The third-order valence-electron chi connectivity index (χ3n) is 3.78. The van der Waals surface area contributed by atoms with E-state index in [1.54, 1.807) is 0 Å². The van der Waals surface area contributed by atoms with Gasteiger partial charge in [-0.25, -0.2) is 4.98 Å². The summed E-state index contributed by atoms with van der Waals surface area (Å²) in [6.07, 6.45) is 2.38. The molecule has 0 radical (unpaired) electrons. The Morgan fingerprint density at radius 3 is 2.89 bits per heavy atom. The lowest BCUT2D eigenvalue weighted by atomic mass is 10.2. The van der Waals surface area contributed by atoms with Gasteiger partial charge in [0.05, 0.1) is 23.6 Å². The number of morpholine rings is 1. The van der Waals surface area contributed by atoms with E-state index in [0.717, 1.165) is 31.9 Å². The minimum absolute atomic E-state index is 0.132. The van der Waals surface area contributed by atoms with Gasteiger partial charge in [-0.1, -0.05) is 11.6 Å². The van der Waals surface area contributed by atoms with Crippen molar-refractivity contribution in [3.63, 3.8) is 0 Å². The lowest BCUT2D eigenvalue weighted by Crippen LogP contribution is -2.44. The number of rotatable bonds is 3. The second-order valence-corrected chi connectivity index (χ2v) is 6.18. The molecule has 1 spiro atoms. The molecular weight excluding hydrogens is 262 g/mol. The fraction of sp³-hybridized carbons (Fsp3) is 0.643. The minimum Gasteiger partial charge on any atom is -0.371 e. The number of halogens is 1. The van der Waals surface area contributed by atoms with Gasteiger partial charge < -0.3 is 14.5 Å². The van der Waals surface area contributed by atoms with Crippen LogP contribution in [0.2, 0.25) is 5.15 Å². The Kier molecular flexibility index (Phi) is 3.41. The Bertz CT molecular complexity index is 474. The third kappa shape index (κ3) is 2.86. The van der Waals surface area contributed by atoms with E-state index in [9.17, 15) is 0 Å². The Balaban J connectivity index is 1.86. The van der Waals surface area contributed by atoms with Crippen LogP contribution >= 0.6 is 11.6 Å². The molecule has 1 saturated carbocycles. The van der Waals surface area contributed by atoms with Gasteiger partial charge in [-0.15, -0.1) is 0 Å². The molecule has 2 heterocycles. The number of aromatic nitrogens is 1. The average Bonchev–Trinajstić information content (AvgIpc) is 3.07. The van der Waals surface area contributed by atoms with Gasteiger partial charge in [0.1, 0.15) is 5.15 Å². The summed E-state index contributed by atoms with van der Waals surface area (Å²) in [7, 11) is 4.10. The van der Waals surface area contributed by atoms with Gasteiger partial charge in [0.2, 0.25) is 0 Å². The quantitative estimate of drug-likeness (QED) is 0.794. The first-order valence-corrected chi connectivity index (χ1v) is 7.15. The Morgan fingerprint density at radius 2 is 2.21 bits per heavy atom. The molecule has 0 unspecified atom stereocenters. The SMILES string of the molecule is CN(C)Cc1nc(Cl)ccc1N1CCOC2(CC2)C1. The molecular formula is C14H20ClN3O. The molecule has 0 N–H and O–H groups in total. The number of pyridine rings is 1. The molecule has 2 fully saturated rings. The van der Waals surface area contributed by atoms with Crippen LogP contribution in [0, 0.1) is 0 Å². The van der Waals surface area contributed by atoms with E-state index in [4.69, 9.17) is 16.3 Å². The Labute approximate surface area is 119 Å². The number of hydrogen-bond acceptors (Lipinski definition) is 4. The van der Waals surface area contributed by atoms with Crippen molar-refractivity contribution >= 4 is 17.3 Å². The average molecular weight is 282 g/mol. The van der Waals surface area contributed by atoms with Crippen LogP contribution in [0.4, 0.5) is 5.69 Å². The Morgan fingerprint density at radius 1 is 1.42 bits per heavy atom. The maximum Gasteiger partial charge on any atom is 0.129 e. The van der Waals surface area contributed by atoms with Crippen LogP contribution in [-0.2, 0) is 11.3 Å². The summed E-state index contributed by atoms with van der Waals surface area (Å²) in [4.78, 5) is 9.02. The molecule has 0 bridgehead atoms. The van der Waals surface area contributed by atoms with Crippen LogP contribution < -0.4 is 4.90 Å². The summed E-state index contributed by atoms with van der Waals surface area (Å²) in [5.74, 6) is 0. The predicted octanol–water partition coefficient (Wildman–Crippen LogP) is 2.17. The maximum atomic E-state index is 6.03. The van der Waals surface area contributed by atoms with E-state index in [-0.39, 0.29) is 5.60 Å². The van der Waals surface area contributed by atoms with E-state index in [0.29, 0.717) is 5.15 Å². The van der Waals surface area contributed by atoms with Crippen molar-refractivity contribution in [2.45, 2.75) is 25.0 Å². The summed E-state index contributed by atoms with van der Waals surface area (Å²) in [6, 6.07) is 3.97. The van der Waals surface area contributed by atoms with Crippen LogP contribution in [0.1, 0.15) is 18.5 Å². The summed E-state index contributed by atoms with van der Waals surface area (Å²) in [5.41, 5.74) is 2.38. The largest absolute Gasteiger partial charge is 0.371 e. The number of hydrogen-bond donors (Lipinski definition) is 0. The minimum atomic E-state index is 0.132. The molecule has 0 aromatic carbocycles. The smallest absolute Gasteiger partial charge is 0.129 e. The summed E-state index contributed by atoms with van der Waals surface area (Å²) in [6.45, 7) is 3.53. The van der Waals surface area contributed by atoms with E-state index >= 15 is 0 Å². The van der Waals surface area contributed by atoms with Crippen molar-refractivity contribution in [3.05, 3.63) is 23.0 Å². The van der Waals surface area contributed by atoms with Gasteiger partial charge in [0.25, 0.3) is 0 Å². The van der Waals surface area contributed by atoms with E-state index in [1.165, 1.54) is 18.5 Å². The highest BCUT2D eigenvalue weighted by Gasteiger charge is 2.47. The first-order valence-electron chi connectivity index (χ1n) is 6.77. The fourth-order valence-corrected chi connectivity index (χ4v) is 2.83. The molecule has 1 saturated heterocycles. The molecule has 1 aromatic heterocycles. The van der Waals surface area contributed by atoms with Crippen molar-refractivity contribution in [3.8, 4) is 0 Å². The van der Waals surface area contributed by atoms with Gasteiger partial charge in [-0.3, -0.25) is 0 Å². The lowest BCUT2D eigenvalue weighted by Gasteiger charge is -2.36. The van der Waals surface area contributed by atoms with Crippen LogP contribution in [-0.4, -0.2) is 49.3 Å². The number of nitrogens with zero attached hydrogens (tertiary/aromatic N) is 3. The zero-order valence-corrected chi connectivity index (χ0v) is 12.3. The van der Waals surface area contributed by atoms with E-state index < -0.39 is 0 Å². The van der Waals surface area contributed by atoms with E-state index in [2.05, 4.69) is 20.9 Å². The standard InChI is InChI=1S/C14H20ClN3O/c1-17(2)9-11-12(3-4-13(15)16-11)18-7-8-19-14(10-18)5-6-14/h3-4H,5-10H2,1-2H3. The van der Waals surface area contributed by atoms with Gasteiger partial charge in [-0.2, -0.15) is 0 Å². The topological polar surface area (TPSA) is 28.6 Å². The van der Waals surface area contributed by atoms with E-state index in [1.807, 2.05) is 20.2 Å². The second-order valence-electron chi connectivity index (χ2n) is 5.79. The highest BCUT2D eigenvalue weighted by molar-refractivity contribution is 6.29. The van der Waals surface area contributed by atoms with Crippen molar-refractivity contribution in [1.82, 2.24) is 9.88 Å². The highest BCUT2D eigenvalue weighted by atomic mass is 35.5. The van der Waals surface area contributed by atoms with Gasteiger partial charge >= 0.3 is 0 Å². The molecule has 0 atom stereocenters. The maximum absolute atomic E-state index is 6.03.